The van der Waals surface area contributed by atoms with Gasteiger partial charge in [0.15, 0.2) is 6.04 Å². The van der Waals surface area contributed by atoms with Gasteiger partial charge in [-0.3, -0.25) is 4.79 Å². The lowest BCUT2D eigenvalue weighted by molar-refractivity contribution is -0.139. The van der Waals surface area contributed by atoms with Gasteiger partial charge in [-0.05, 0) is 60.4 Å². The van der Waals surface area contributed by atoms with Crippen molar-refractivity contribution < 1.29 is 24.2 Å². The summed E-state index contributed by atoms with van der Waals surface area (Å²) in [6.07, 6.45) is 0.736. The van der Waals surface area contributed by atoms with Gasteiger partial charge in [-0.25, -0.2) is 4.79 Å². The Kier molecular flexibility index (Phi) is 4.84. The molecule has 3 rings (SSSR count). The molecular formula is C20H21NO5. The second kappa shape index (κ2) is 7.07. The number of carboxylic acid groups (broad SMARTS) is 1. The Morgan fingerprint density at radius 1 is 1.19 bits per heavy atom. The molecule has 0 aliphatic carbocycles. The average molecular weight is 355 g/mol. The van der Waals surface area contributed by atoms with Crippen LogP contribution in [-0.2, 0) is 11.2 Å². The predicted octanol–water partition coefficient (Wildman–Crippen LogP) is 2.80. The topological polar surface area (TPSA) is 84.9 Å². The number of hydrogen-bond acceptors (Lipinski definition) is 4. The Morgan fingerprint density at radius 3 is 2.50 bits per heavy atom. The number of fused-ring (bicyclic) bond motifs is 1. The van der Waals surface area contributed by atoms with Crippen molar-refractivity contribution in [2.75, 3.05) is 13.7 Å². The van der Waals surface area contributed by atoms with Gasteiger partial charge in [-0.1, -0.05) is 6.07 Å². The number of carboxylic acids is 1. The van der Waals surface area contributed by atoms with Gasteiger partial charge in [0.2, 0.25) is 0 Å². The fraction of sp³-hybridized carbons (Fsp3) is 0.300. The molecule has 0 fully saturated rings. The summed E-state index contributed by atoms with van der Waals surface area (Å²) < 4.78 is 10.7. The van der Waals surface area contributed by atoms with Gasteiger partial charge in [0.1, 0.15) is 11.5 Å². The lowest BCUT2D eigenvalue weighted by Crippen LogP contribution is -2.33. The van der Waals surface area contributed by atoms with Gasteiger partial charge in [0, 0.05) is 12.0 Å². The Labute approximate surface area is 151 Å². The first-order valence-electron chi connectivity index (χ1n) is 8.35. The standard InChI is InChI=1S/C20H21NO5/c1-11-8-15(9-12(2)18(11)25-3)19(22)21-17(20(23)24)14-4-5-16-13(10-14)6-7-26-16/h4-5,8-10,17H,6-7H2,1-3H3,(H,21,22)(H,23,24). The summed E-state index contributed by atoms with van der Waals surface area (Å²) in [5.74, 6) is -0.0669. The fourth-order valence-corrected chi connectivity index (χ4v) is 3.29. The molecule has 0 bridgehead atoms. The highest BCUT2D eigenvalue weighted by Gasteiger charge is 2.25. The summed E-state index contributed by atoms with van der Waals surface area (Å²) >= 11 is 0. The van der Waals surface area contributed by atoms with Crippen LogP contribution < -0.4 is 14.8 Å². The minimum atomic E-state index is -1.13. The smallest absolute Gasteiger partial charge is 0.330 e. The van der Waals surface area contributed by atoms with E-state index >= 15 is 0 Å². The molecule has 1 atom stereocenters. The zero-order valence-corrected chi connectivity index (χ0v) is 15.0. The molecule has 6 heteroatoms. The highest BCUT2D eigenvalue weighted by atomic mass is 16.5. The van der Waals surface area contributed by atoms with Gasteiger partial charge in [0.05, 0.1) is 13.7 Å². The fourth-order valence-electron chi connectivity index (χ4n) is 3.29. The number of hydrogen-bond donors (Lipinski definition) is 2. The van der Waals surface area contributed by atoms with E-state index in [1.165, 1.54) is 0 Å². The van der Waals surface area contributed by atoms with E-state index in [1.54, 1.807) is 37.4 Å². The molecule has 1 unspecified atom stereocenters. The highest BCUT2D eigenvalue weighted by molar-refractivity contribution is 5.97. The third-order valence-electron chi connectivity index (χ3n) is 4.50. The lowest BCUT2D eigenvalue weighted by atomic mass is 10.0. The first-order valence-corrected chi connectivity index (χ1v) is 8.35. The molecule has 1 heterocycles. The quantitative estimate of drug-likeness (QED) is 0.861. The van der Waals surface area contributed by atoms with E-state index in [4.69, 9.17) is 9.47 Å². The second-order valence-corrected chi connectivity index (χ2v) is 6.35. The van der Waals surface area contributed by atoms with Gasteiger partial charge < -0.3 is 19.9 Å². The molecule has 2 aromatic rings. The van der Waals surface area contributed by atoms with Crippen LogP contribution in [0.2, 0.25) is 0 Å². The second-order valence-electron chi connectivity index (χ2n) is 6.35. The Morgan fingerprint density at radius 2 is 1.88 bits per heavy atom. The summed E-state index contributed by atoms with van der Waals surface area (Å²) in [7, 11) is 1.58. The SMILES string of the molecule is COc1c(C)cc(C(=O)NC(C(=O)O)c2ccc3c(c2)CCO3)cc1C. The summed E-state index contributed by atoms with van der Waals surface area (Å²) in [6, 6.07) is 7.46. The van der Waals surface area contributed by atoms with Crippen LogP contribution in [0, 0.1) is 13.8 Å². The molecule has 2 N–H and O–H groups in total. The van der Waals surface area contributed by atoms with Crippen LogP contribution in [-0.4, -0.2) is 30.7 Å². The largest absolute Gasteiger partial charge is 0.496 e. The third-order valence-corrected chi connectivity index (χ3v) is 4.50. The maximum atomic E-state index is 12.6. The molecule has 2 aromatic carbocycles. The highest BCUT2D eigenvalue weighted by Crippen LogP contribution is 2.29. The van der Waals surface area contributed by atoms with Gasteiger partial charge >= 0.3 is 5.97 Å². The minimum absolute atomic E-state index is 0.400. The van der Waals surface area contributed by atoms with Gasteiger partial charge in [0.25, 0.3) is 5.91 Å². The van der Waals surface area contributed by atoms with Crippen LogP contribution >= 0.6 is 0 Å². The first kappa shape index (κ1) is 17.8. The normalized spacial score (nSPS) is 13.5. The number of amides is 1. The minimum Gasteiger partial charge on any atom is -0.496 e. The maximum absolute atomic E-state index is 12.6. The molecule has 0 spiro atoms. The van der Waals surface area contributed by atoms with E-state index in [0.29, 0.717) is 17.7 Å². The summed E-state index contributed by atoms with van der Waals surface area (Å²) in [5, 5.41) is 12.2. The van der Waals surface area contributed by atoms with Gasteiger partial charge in [-0.15, -0.1) is 0 Å². The van der Waals surface area contributed by atoms with Crippen molar-refractivity contribution in [3.8, 4) is 11.5 Å². The Hall–Kier alpha value is -3.02. The van der Waals surface area contributed by atoms with Crippen molar-refractivity contribution in [1.82, 2.24) is 5.32 Å². The number of ether oxygens (including phenoxy) is 2. The first-order chi connectivity index (χ1) is 12.4. The number of carbonyl (C=O) groups excluding carboxylic acids is 1. The van der Waals surface area contributed by atoms with Crippen molar-refractivity contribution in [1.29, 1.82) is 0 Å². The average Bonchev–Trinajstić information content (AvgIpc) is 3.06. The van der Waals surface area contributed by atoms with E-state index in [-0.39, 0.29) is 0 Å². The lowest BCUT2D eigenvalue weighted by Gasteiger charge is -2.17. The van der Waals surface area contributed by atoms with Crippen molar-refractivity contribution >= 4 is 11.9 Å². The van der Waals surface area contributed by atoms with Crippen LogP contribution in [0.25, 0.3) is 0 Å². The number of aryl methyl sites for hydroxylation is 2. The van der Waals surface area contributed by atoms with Gasteiger partial charge in [-0.2, -0.15) is 0 Å². The summed E-state index contributed by atoms with van der Waals surface area (Å²) in [4.78, 5) is 24.4. The van der Waals surface area contributed by atoms with Crippen molar-refractivity contribution in [3.63, 3.8) is 0 Å². The van der Waals surface area contributed by atoms with Crippen molar-refractivity contribution in [3.05, 3.63) is 58.1 Å². The number of nitrogens with one attached hydrogen (secondary N) is 1. The Balaban J connectivity index is 1.87. The molecule has 0 aromatic heterocycles. The number of benzene rings is 2. The van der Waals surface area contributed by atoms with E-state index in [2.05, 4.69) is 5.32 Å². The number of carbonyl (C=O) groups is 2. The zero-order chi connectivity index (χ0) is 18.8. The third kappa shape index (κ3) is 3.35. The van der Waals surface area contributed by atoms with Crippen LogP contribution in [0.1, 0.15) is 38.7 Å². The monoisotopic (exact) mass is 355 g/mol. The van der Waals surface area contributed by atoms with Crippen LogP contribution in [0.4, 0.5) is 0 Å². The molecule has 26 heavy (non-hydrogen) atoms. The van der Waals surface area contributed by atoms with E-state index in [1.807, 2.05) is 13.8 Å². The van der Waals surface area contributed by atoms with Crippen molar-refractivity contribution in [2.45, 2.75) is 26.3 Å². The molecule has 0 radical (unpaired) electrons. The molecule has 1 aliphatic rings. The van der Waals surface area contributed by atoms with E-state index < -0.39 is 17.9 Å². The molecule has 0 saturated heterocycles. The molecule has 6 nitrogen and oxygen atoms in total. The van der Waals surface area contributed by atoms with E-state index in [9.17, 15) is 14.7 Å². The van der Waals surface area contributed by atoms with Crippen LogP contribution in [0.3, 0.4) is 0 Å². The number of rotatable bonds is 5. The molecule has 1 amide bonds. The predicted molar refractivity (Wildman–Crippen MR) is 96.0 cm³/mol. The summed E-state index contributed by atoms with van der Waals surface area (Å²) in [6.45, 7) is 4.28. The van der Waals surface area contributed by atoms with E-state index in [0.717, 1.165) is 34.6 Å². The van der Waals surface area contributed by atoms with Crippen LogP contribution in [0.5, 0.6) is 11.5 Å². The van der Waals surface area contributed by atoms with Crippen molar-refractivity contribution in [2.24, 2.45) is 0 Å². The number of aliphatic carboxylic acids is 1. The summed E-state index contributed by atoms with van der Waals surface area (Å²) in [5.41, 5.74) is 3.52. The molecular weight excluding hydrogens is 334 g/mol. The molecule has 136 valence electrons. The Bertz CT molecular complexity index is 851. The van der Waals surface area contributed by atoms with Crippen LogP contribution in [0.15, 0.2) is 30.3 Å². The maximum Gasteiger partial charge on any atom is 0.330 e. The molecule has 0 saturated carbocycles. The zero-order valence-electron chi connectivity index (χ0n) is 15.0. The number of methoxy groups -OCH3 is 1. The molecule has 1 aliphatic heterocycles.